The van der Waals surface area contributed by atoms with E-state index in [1.54, 1.807) is 31.6 Å². The molecule has 160 valence electrons. The SMILES string of the molecule is COCCCOc1ccnc(C)c1C.O=S(=O)(O)c1nc2cc3c[nH][nH]c3cc2n1. The third-order valence-corrected chi connectivity index (χ3v) is 5.04. The van der Waals surface area contributed by atoms with E-state index in [9.17, 15) is 8.42 Å². The summed E-state index contributed by atoms with van der Waals surface area (Å²) in [5.74, 6) is 0.925. The van der Waals surface area contributed by atoms with Crippen LogP contribution in [0.2, 0.25) is 0 Å². The number of aryl methyl sites for hydroxylation is 1. The highest BCUT2D eigenvalue weighted by Gasteiger charge is 2.17. The fraction of sp³-hybridized carbons (Fsp3) is 0.316. The zero-order chi connectivity index (χ0) is 21.7. The molecule has 0 aliphatic heterocycles. The first-order chi connectivity index (χ1) is 14.3. The Labute approximate surface area is 173 Å². The number of H-pyrrole nitrogens is 2. The van der Waals surface area contributed by atoms with Gasteiger partial charge in [-0.2, -0.15) is 8.42 Å². The predicted octanol–water partition coefficient (Wildman–Crippen LogP) is 2.80. The van der Waals surface area contributed by atoms with Crippen LogP contribution in [-0.2, 0) is 14.9 Å². The number of aromatic nitrogens is 5. The zero-order valence-electron chi connectivity index (χ0n) is 16.8. The molecule has 0 radical (unpaired) electrons. The fourth-order valence-corrected chi connectivity index (χ4v) is 3.12. The Balaban J connectivity index is 0.000000173. The van der Waals surface area contributed by atoms with Crippen LogP contribution in [-0.4, -0.2) is 58.4 Å². The van der Waals surface area contributed by atoms with Gasteiger partial charge in [0.05, 0.1) is 23.2 Å². The summed E-state index contributed by atoms with van der Waals surface area (Å²) in [6.07, 6.45) is 4.40. The van der Waals surface area contributed by atoms with Crippen molar-refractivity contribution in [2.45, 2.75) is 25.4 Å². The number of ether oxygens (including phenoxy) is 2. The van der Waals surface area contributed by atoms with Crippen LogP contribution in [0, 0.1) is 13.8 Å². The van der Waals surface area contributed by atoms with Crippen molar-refractivity contribution in [3.8, 4) is 5.75 Å². The minimum Gasteiger partial charge on any atom is -0.493 e. The van der Waals surface area contributed by atoms with E-state index < -0.39 is 15.3 Å². The van der Waals surface area contributed by atoms with E-state index in [4.69, 9.17) is 14.0 Å². The van der Waals surface area contributed by atoms with E-state index in [2.05, 4.69) is 25.1 Å². The van der Waals surface area contributed by atoms with Gasteiger partial charge in [-0.1, -0.05) is 0 Å². The summed E-state index contributed by atoms with van der Waals surface area (Å²) in [5.41, 5.74) is 3.76. The van der Waals surface area contributed by atoms with Crippen molar-refractivity contribution in [3.05, 3.63) is 41.9 Å². The number of imidazole rings is 1. The lowest BCUT2D eigenvalue weighted by atomic mass is 10.2. The van der Waals surface area contributed by atoms with Gasteiger partial charge >= 0.3 is 10.1 Å². The highest BCUT2D eigenvalue weighted by Crippen LogP contribution is 2.20. The minimum absolute atomic E-state index is 0.413. The summed E-state index contributed by atoms with van der Waals surface area (Å²) in [6.45, 7) is 5.44. The highest BCUT2D eigenvalue weighted by molar-refractivity contribution is 7.85. The third kappa shape index (κ3) is 5.12. The van der Waals surface area contributed by atoms with Crippen molar-refractivity contribution in [2.24, 2.45) is 0 Å². The third-order valence-electron chi connectivity index (χ3n) is 4.40. The average molecular weight is 433 g/mol. The van der Waals surface area contributed by atoms with Gasteiger partial charge in [0, 0.05) is 49.2 Å². The van der Waals surface area contributed by atoms with Crippen molar-refractivity contribution in [3.63, 3.8) is 0 Å². The number of benzene rings is 1. The van der Waals surface area contributed by atoms with Crippen molar-refractivity contribution in [2.75, 3.05) is 20.3 Å². The van der Waals surface area contributed by atoms with Crippen molar-refractivity contribution >= 4 is 32.1 Å². The molecular weight excluding hydrogens is 410 g/mol. The second-order valence-corrected chi connectivity index (χ2v) is 7.85. The first-order valence-corrected chi connectivity index (χ1v) is 10.6. The quantitative estimate of drug-likeness (QED) is 0.311. The summed E-state index contributed by atoms with van der Waals surface area (Å²) in [5, 5.41) is 5.94. The van der Waals surface area contributed by atoms with Crippen LogP contribution in [0.4, 0.5) is 0 Å². The van der Waals surface area contributed by atoms with Gasteiger partial charge in [0.15, 0.2) is 0 Å². The first-order valence-electron chi connectivity index (χ1n) is 9.14. The molecule has 11 heteroatoms. The van der Waals surface area contributed by atoms with Crippen LogP contribution in [0.25, 0.3) is 21.9 Å². The predicted molar refractivity (Wildman–Crippen MR) is 111 cm³/mol. The lowest BCUT2D eigenvalue weighted by Crippen LogP contribution is -2.03. The fourth-order valence-electron chi connectivity index (χ4n) is 2.70. The maximum Gasteiger partial charge on any atom is 0.330 e. The van der Waals surface area contributed by atoms with Gasteiger partial charge in [0.1, 0.15) is 5.75 Å². The lowest BCUT2D eigenvalue weighted by Gasteiger charge is -2.09. The number of nitrogens with zero attached hydrogens (tertiary/aromatic N) is 3. The van der Waals surface area contributed by atoms with Gasteiger partial charge in [0.2, 0.25) is 0 Å². The van der Waals surface area contributed by atoms with Crippen LogP contribution in [0.15, 0.2) is 35.7 Å². The number of methoxy groups -OCH3 is 1. The Morgan fingerprint density at radius 2 is 1.87 bits per heavy atom. The molecule has 3 N–H and O–H groups in total. The maximum absolute atomic E-state index is 10.9. The number of hydrogen-bond acceptors (Lipinski definition) is 7. The molecule has 0 atom stereocenters. The summed E-state index contributed by atoms with van der Waals surface area (Å²) < 4.78 is 41.1. The highest BCUT2D eigenvalue weighted by atomic mass is 32.2. The number of aromatic amines is 2. The molecule has 0 amide bonds. The van der Waals surface area contributed by atoms with Crippen LogP contribution in [0.3, 0.4) is 0 Å². The summed E-state index contributed by atoms with van der Waals surface area (Å²) >= 11 is 0. The molecular formula is C19H23N5O5S. The van der Waals surface area contributed by atoms with Gasteiger partial charge in [-0.3, -0.25) is 9.54 Å². The van der Waals surface area contributed by atoms with Crippen molar-refractivity contribution in [1.29, 1.82) is 0 Å². The molecule has 0 aliphatic carbocycles. The molecule has 4 aromatic rings. The van der Waals surface area contributed by atoms with E-state index >= 15 is 0 Å². The maximum atomic E-state index is 10.9. The number of nitrogens with one attached hydrogen (secondary N) is 2. The molecule has 3 aromatic heterocycles. The first kappa shape index (κ1) is 21.7. The van der Waals surface area contributed by atoms with E-state index in [1.165, 1.54) is 0 Å². The number of fused-ring (bicyclic) bond motifs is 2. The second kappa shape index (κ2) is 9.20. The largest absolute Gasteiger partial charge is 0.493 e. The second-order valence-electron chi connectivity index (χ2n) is 6.54. The van der Waals surface area contributed by atoms with Crippen molar-refractivity contribution in [1.82, 2.24) is 25.1 Å². The zero-order valence-corrected chi connectivity index (χ0v) is 17.7. The van der Waals surface area contributed by atoms with Crippen LogP contribution < -0.4 is 4.74 Å². The van der Waals surface area contributed by atoms with Crippen molar-refractivity contribution < 1.29 is 22.4 Å². The topological polar surface area (TPSA) is 143 Å². The molecule has 0 unspecified atom stereocenters. The molecule has 0 spiro atoms. The molecule has 10 nitrogen and oxygen atoms in total. The summed E-state index contributed by atoms with van der Waals surface area (Å²) in [4.78, 5) is 11.6. The van der Waals surface area contributed by atoms with E-state index in [1.807, 2.05) is 19.9 Å². The van der Waals surface area contributed by atoms with Gasteiger partial charge in [-0.05, 0) is 32.0 Å². The van der Waals surface area contributed by atoms with E-state index in [0.717, 1.165) is 40.9 Å². The smallest absolute Gasteiger partial charge is 0.330 e. The molecule has 0 saturated heterocycles. The lowest BCUT2D eigenvalue weighted by molar-refractivity contribution is 0.172. The van der Waals surface area contributed by atoms with Gasteiger partial charge in [0.25, 0.3) is 5.16 Å². The van der Waals surface area contributed by atoms with Gasteiger partial charge < -0.3 is 19.7 Å². The number of pyridine rings is 1. The molecule has 0 aliphatic rings. The normalized spacial score (nSPS) is 11.5. The Bertz CT molecular complexity index is 1200. The monoisotopic (exact) mass is 433 g/mol. The molecule has 0 saturated carbocycles. The Morgan fingerprint density at radius 1 is 1.13 bits per heavy atom. The van der Waals surface area contributed by atoms with Crippen LogP contribution >= 0.6 is 0 Å². The standard InChI is InChI=1S/C11H17NO2.C8H6N4O3S/c1-9-10(2)12-6-5-11(9)14-8-4-7-13-3;13-16(14,15)8-10-6-1-4-3-9-12-5(4)2-7(6)11-8/h5-6H,4,7-8H2,1-3H3;1-3,9,12H,(H,13,14,15). The average Bonchev–Trinajstić information content (AvgIpc) is 3.32. The molecule has 0 bridgehead atoms. The Kier molecular flexibility index (Phi) is 6.65. The van der Waals surface area contributed by atoms with Crippen LogP contribution in [0.5, 0.6) is 5.75 Å². The summed E-state index contributed by atoms with van der Waals surface area (Å²) in [7, 11) is -2.65. The molecule has 4 rings (SSSR count). The Hall–Kier alpha value is -3.02. The van der Waals surface area contributed by atoms with E-state index in [0.29, 0.717) is 17.6 Å². The van der Waals surface area contributed by atoms with Gasteiger partial charge in [-0.15, -0.1) is 0 Å². The summed E-state index contributed by atoms with van der Waals surface area (Å²) in [6, 6.07) is 5.23. The number of hydrogen-bond donors (Lipinski definition) is 3. The Morgan fingerprint density at radius 3 is 2.57 bits per heavy atom. The van der Waals surface area contributed by atoms with E-state index in [-0.39, 0.29) is 0 Å². The molecule has 0 fully saturated rings. The minimum atomic E-state index is -4.35. The van der Waals surface area contributed by atoms with Crippen LogP contribution in [0.1, 0.15) is 17.7 Å². The van der Waals surface area contributed by atoms with Gasteiger partial charge in [-0.25, -0.2) is 9.97 Å². The molecule has 30 heavy (non-hydrogen) atoms. The number of rotatable bonds is 6. The molecule has 3 heterocycles. The molecule has 1 aromatic carbocycles.